The summed E-state index contributed by atoms with van der Waals surface area (Å²) in [5.74, 6) is -1.33. The molecule has 2 rings (SSSR count). The number of nitrogens with one attached hydrogen (secondary N) is 1. The molecule has 8 heteroatoms. The Hall–Kier alpha value is -2.35. The minimum atomic E-state index is -1.01. The van der Waals surface area contributed by atoms with Gasteiger partial charge in [-0.05, 0) is 20.8 Å². The van der Waals surface area contributed by atoms with Crippen LogP contribution in [0, 0.1) is 13.8 Å². The molecular formula is C13H14N4O3S. The van der Waals surface area contributed by atoms with E-state index in [1.807, 2.05) is 0 Å². The first-order valence-electron chi connectivity index (χ1n) is 6.18. The molecule has 7 nitrogen and oxygen atoms in total. The fraction of sp³-hybridized carbons (Fsp3) is 0.308. The number of carboxylic acid groups (broad SMARTS) is 1. The summed E-state index contributed by atoms with van der Waals surface area (Å²) in [6.45, 7) is 5.10. The minimum Gasteiger partial charge on any atom is -0.477 e. The van der Waals surface area contributed by atoms with Gasteiger partial charge >= 0.3 is 5.97 Å². The van der Waals surface area contributed by atoms with Crippen LogP contribution >= 0.6 is 11.3 Å². The molecule has 2 heterocycles. The molecule has 1 amide bonds. The van der Waals surface area contributed by atoms with E-state index in [0.717, 1.165) is 11.3 Å². The number of hydrogen-bond acceptors (Lipinski definition) is 6. The maximum atomic E-state index is 12.1. The third-order valence-electron chi connectivity index (χ3n) is 2.88. The molecule has 1 atom stereocenters. The molecule has 0 aliphatic carbocycles. The quantitative estimate of drug-likeness (QED) is 0.891. The van der Waals surface area contributed by atoms with Crippen molar-refractivity contribution in [2.45, 2.75) is 26.8 Å². The van der Waals surface area contributed by atoms with Crippen molar-refractivity contribution in [1.29, 1.82) is 0 Å². The molecule has 0 aliphatic heterocycles. The van der Waals surface area contributed by atoms with Crippen LogP contribution in [0.15, 0.2) is 12.5 Å². The van der Waals surface area contributed by atoms with Crippen LogP contribution in [0.1, 0.15) is 49.4 Å². The average molecular weight is 306 g/mol. The van der Waals surface area contributed by atoms with E-state index < -0.39 is 12.0 Å². The molecule has 2 aromatic heterocycles. The van der Waals surface area contributed by atoms with Crippen LogP contribution in [0.2, 0.25) is 0 Å². The number of aromatic carboxylic acids is 1. The normalized spacial score (nSPS) is 12.0. The third-order valence-corrected chi connectivity index (χ3v) is 4.21. The van der Waals surface area contributed by atoms with Crippen LogP contribution in [0.5, 0.6) is 0 Å². The van der Waals surface area contributed by atoms with E-state index in [-0.39, 0.29) is 10.8 Å². The highest BCUT2D eigenvalue weighted by molar-refractivity contribution is 7.13. The van der Waals surface area contributed by atoms with Crippen molar-refractivity contribution >= 4 is 23.2 Å². The van der Waals surface area contributed by atoms with Gasteiger partial charge in [0.25, 0.3) is 5.91 Å². The number of aryl methyl sites for hydroxylation is 2. The summed E-state index contributed by atoms with van der Waals surface area (Å²) in [7, 11) is 0. The van der Waals surface area contributed by atoms with E-state index >= 15 is 0 Å². The van der Waals surface area contributed by atoms with E-state index in [2.05, 4.69) is 20.3 Å². The van der Waals surface area contributed by atoms with E-state index in [1.54, 1.807) is 20.8 Å². The average Bonchev–Trinajstić information content (AvgIpc) is 2.81. The van der Waals surface area contributed by atoms with Gasteiger partial charge in [-0.2, -0.15) is 0 Å². The van der Waals surface area contributed by atoms with Crippen molar-refractivity contribution in [1.82, 2.24) is 20.3 Å². The monoisotopic (exact) mass is 306 g/mol. The van der Waals surface area contributed by atoms with Gasteiger partial charge in [0, 0.05) is 6.20 Å². The van der Waals surface area contributed by atoms with Gasteiger partial charge in [-0.25, -0.2) is 19.7 Å². The molecule has 0 fully saturated rings. The van der Waals surface area contributed by atoms with E-state index in [9.17, 15) is 9.59 Å². The molecule has 0 aliphatic rings. The zero-order valence-electron chi connectivity index (χ0n) is 11.7. The van der Waals surface area contributed by atoms with Crippen molar-refractivity contribution in [3.8, 4) is 0 Å². The molecule has 110 valence electrons. The molecule has 0 spiro atoms. The topological polar surface area (TPSA) is 105 Å². The lowest BCUT2D eigenvalue weighted by Crippen LogP contribution is -2.27. The van der Waals surface area contributed by atoms with Gasteiger partial charge < -0.3 is 10.4 Å². The predicted molar refractivity (Wildman–Crippen MR) is 76.5 cm³/mol. The fourth-order valence-electron chi connectivity index (χ4n) is 1.75. The van der Waals surface area contributed by atoms with Crippen molar-refractivity contribution in [2.75, 3.05) is 0 Å². The predicted octanol–water partition coefficient (Wildman–Crippen LogP) is 1.74. The number of carbonyl (C=O) groups excluding carboxylic acids is 1. The summed E-state index contributed by atoms with van der Waals surface area (Å²) in [6.07, 6.45) is 2.82. The second-order valence-corrected chi connectivity index (χ2v) is 5.52. The van der Waals surface area contributed by atoms with Crippen LogP contribution in [0.4, 0.5) is 0 Å². The number of nitrogens with zero attached hydrogens (tertiary/aromatic N) is 3. The van der Waals surface area contributed by atoms with Crippen LogP contribution < -0.4 is 5.32 Å². The molecule has 0 saturated carbocycles. The summed E-state index contributed by atoms with van der Waals surface area (Å²) in [5.41, 5.74) is 1.41. The lowest BCUT2D eigenvalue weighted by molar-refractivity contribution is 0.0701. The van der Waals surface area contributed by atoms with Crippen LogP contribution in [-0.4, -0.2) is 31.9 Å². The number of carbonyl (C=O) groups is 2. The minimum absolute atomic E-state index is 0.185. The molecule has 21 heavy (non-hydrogen) atoms. The van der Waals surface area contributed by atoms with Crippen molar-refractivity contribution in [3.63, 3.8) is 0 Å². The highest BCUT2D eigenvalue weighted by atomic mass is 32.1. The van der Waals surface area contributed by atoms with Gasteiger partial charge in [0.2, 0.25) is 0 Å². The van der Waals surface area contributed by atoms with E-state index in [4.69, 9.17) is 5.11 Å². The maximum Gasteiger partial charge on any atom is 0.347 e. The largest absolute Gasteiger partial charge is 0.477 e. The number of rotatable bonds is 4. The molecular weight excluding hydrogens is 292 g/mol. The lowest BCUT2D eigenvalue weighted by Gasteiger charge is -2.11. The Kier molecular flexibility index (Phi) is 4.27. The van der Waals surface area contributed by atoms with Gasteiger partial charge in [-0.3, -0.25) is 4.79 Å². The summed E-state index contributed by atoms with van der Waals surface area (Å²) >= 11 is 1.06. The smallest absolute Gasteiger partial charge is 0.347 e. The van der Waals surface area contributed by atoms with Gasteiger partial charge in [0.1, 0.15) is 16.2 Å². The highest BCUT2D eigenvalue weighted by Gasteiger charge is 2.20. The number of thiazole rings is 1. The second-order valence-electron chi connectivity index (χ2n) is 4.49. The van der Waals surface area contributed by atoms with Crippen LogP contribution in [0.3, 0.4) is 0 Å². The zero-order valence-corrected chi connectivity index (χ0v) is 12.6. The number of hydrogen-bond donors (Lipinski definition) is 2. The molecule has 0 saturated heterocycles. The molecule has 0 aromatic carbocycles. The summed E-state index contributed by atoms with van der Waals surface area (Å²) in [4.78, 5) is 35.3. The van der Waals surface area contributed by atoms with E-state index in [0.29, 0.717) is 22.0 Å². The van der Waals surface area contributed by atoms with Gasteiger partial charge in [0.15, 0.2) is 0 Å². The van der Waals surface area contributed by atoms with Crippen LogP contribution in [0.25, 0.3) is 0 Å². The van der Waals surface area contributed by atoms with Crippen molar-refractivity contribution in [3.05, 3.63) is 39.4 Å². The third kappa shape index (κ3) is 3.22. The first-order valence-corrected chi connectivity index (χ1v) is 7.00. The summed E-state index contributed by atoms with van der Waals surface area (Å²) in [6, 6.07) is -0.395. The number of aromatic nitrogens is 3. The standard InChI is InChI=1S/C13H14N4O3S/c1-6-9(4-14-5-15-6)11(18)16-8(3)12-17-7(2)10(21-12)13(19)20/h4-5,8H,1-3H3,(H,16,18)(H,19,20). The Balaban J connectivity index is 2.16. The zero-order chi connectivity index (χ0) is 15.6. The maximum absolute atomic E-state index is 12.1. The molecule has 0 radical (unpaired) electrons. The highest BCUT2D eigenvalue weighted by Crippen LogP contribution is 2.23. The second kappa shape index (κ2) is 5.96. The summed E-state index contributed by atoms with van der Waals surface area (Å²) in [5, 5.41) is 12.3. The molecule has 2 N–H and O–H groups in total. The first kappa shape index (κ1) is 15.0. The molecule has 1 unspecified atom stereocenters. The Bertz CT molecular complexity index is 698. The number of amides is 1. The fourth-order valence-corrected chi connectivity index (χ4v) is 2.66. The lowest BCUT2D eigenvalue weighted by atomic mass is 10.2. The van der Waals surface area contributed by atoms with E-state index in [1.165, 1.54) is 12.5 Å². The molecule has 0 bridgehead atoms. The molecule has 2 aromatic rings. The number of carboxylic acids is 1. The Morgan fingerprint density at radius 2 is 2.05 bits per heavy atom. The first-order chi connectivity index (χ1) is 9.90. The van der Waals surface area contributed by atoms with Crippen LogP contribution in [-0.2, 0) is 0 Å². The van der Waals surface area contributed by atoms with Crippen molar-refractivity contribution < 1.29 is 14.7 Å². The SMILES string of the molecule is Cc1ncncc1C(=O)NC(C)c1nc(C)c(C(=O)O)s1. The van der Waals surface area contributed by atoms with Gasteiger partial charge in [-0.1, -0.05) is 0 Å². The van der Waals surface area contributed by atoms with Gasteiger partial charge in [0.05, 0.1) is 23.0 Å². The Labute approximate surface area is 125 Å². The van der Waals surface area contributed by atoms with Crippen molar-refractivity contribution in [2.24, 2.45) is 0 Å². The van der Waals surface area contributed by atoms with Gasteiger partial charge in [-0.15, -0.1) is 11.3 Å². The Morgan fingerprint density at radius 3 is 2.62 bits per heavy atom. The summed E-state index contributed by atoms with van der Waals surface area (Å²) < 4.78 is 0. The Morgan fingerprint density at radius 1 is 1.33 bits per heavy atom.